The predicted octanol–water partition coefficient (Wildman–Crippen LogP) is 4.38. The molecule has 0 unspecified atom stereocenters. The molecular formula is C26H27F3N2O3S. The summed E-state index contributed by atoms with van der Waals surface area (Å²) in [6.07, 6.45) is -4.79. The van der Waals surface area contributed by atoms with Gasteiger partial charge >= 0.3 is 6.18 Å². The van der Waals surface area contributed by atoms with Gasteiger partial charge in [0.25, 0.3) is 0 Å². The van der Waals surface area contributed by atoms with Crippen LogP contribution in [0.25, 0.3) is 11.1 Å². The number of hydrogen-bond acceptors (Lipinski definition) is 4. The Hall–Kier alpha value is -2.72. The smallest absolute Gasteiger partial charge is 0.395 e. The summed E-state index contributed by atoms with van der Waals surface area (Å²) in [5.41, 5.74) is 4.25. The van der Waals surface area contributed by atoms with Crippen LogP contribution in [0.1, 0.15) is 28.2 Å². The molecule has 0 radical (unpaired) electrons. The SMILES string of the molecule is Cc1cccc(-c2ccc([C@H]3[C@H](CNS(=O)(=O)c4ccccc4C(F)(F)F)N[C@@H]3CO)cc2)c1C. The summed E-state index contributed by atoms with van der Waals surface area (Å²) < 4.78 is 67.7. The highest BCUT2D eigenvalue weighted by atomic mass is 32.2. The lowest BCUT2D eigenvalue weighted by molar-refractivity contribution is -0.139. The van der Waals surface area contributed by atoms with Crippen LogP contribution in [-0.4, -0.2) is 38.8 Å². The van der Waals surface area contributed by atoms with E-state index in [2.05, 4.69) is 36.0 Å². The van der Waals surface area contributed by atoms with Crippen molar-refractivity contribution < 1.29 is 26.7 Å². The van der Waals surface area contributed by atoms with E-state index in [4.69, 9.17) is 0 Å². The number of halogens is 3. The van der Waals surface area contributed by atoms with Gasteiger partial charge in [0.15, 0.2) is 0 Å². The Kier molecular flexibility index (Phi) is 7.06. The highest BCUT2D eigenvalue weighted by molar-refractivity contribution is 7.89. The summed E-state index contributed by atoms with van der Waals surface area (Å²) in [5, 5.41) is 12.9. The van der Waals surface area contributed by atoms with Crippen molar-refractivity contribution in [1.82, 2.24) is 10.0 Å². The van der Waals surface area contributed by atoms with Crippen molar-refractivity contribution >= 4 is 10.0 Å². The molecule has 3 aromatic carbocycles. The first kappa shape index (κ1) is 25.4. The summed E-state index contributed by atoms with van der Waals surface area (Å²) in [6, 6.07) is 17.4. The summed E-state index contributed by atoms with van der Waals surface area (Å²) >= 11 is 0. The summed E-state index contributed by atoms with van der Waals surface area (Å²) in [6.45, 7) is 3.85. The normalized spacial score (nSPS) is 20.5. The number of sulfonamides is 1. The van der Waals surface area contributed by atoms with Crippen molar-refractivity contribution in [2.45, 2.75) is 42.9 Å². The standard InChI is InChI=1S/C26H27F3N2O3S/c1-16-6-5-7-20(17(16)2)18-10-12-19(13-11-18)25-22(31-23(25)15-32)14-30-35(33,34)24-9-4-3-8-21(24)26(27,28)29/h3-13,22-23,25,30-32H,14-15H2,1-2H3/t22-,23+,25-/m0/s1. The fourth-order valence-corrected chi connectivity index (χ4v) is 5.91. The molecule has 1 fully saturated rings. The highest BCUT2D eigenvalue weighted by Crippen LogP contribution is 2.36. The molecule has 0 amide bonds. The molecule has 1 aliphatic heterocycles. The largest absolute Gasteiger partial charge is 0.417 e. The minimum atomic E-state index is -4.79. The van der Waals surface area contributed by atoms with E-state index in [1.165, 1.54) is 17.2 Å². The Morgan fingerprint density at radius 3 is 2.29 bits per heavy atom. The Labute approximate surface area is 203 Å². The molecule has 9 heteroatoms. The van der Waals surface area contributed by atoms with Crippen LogP contribution < -0.4 is 10.0 Å². The lowest BCUT2D eigenvalue weighted by atomic mass is 9.77. The van der Waals surface area contributed by atoms with Crippen molar-refractivity contribution in [3.05, 3.63) is 89.0 Å². The topological polar surface area (TPSA) is 78.4 Å². The molecule has 1 aliphatic rings. The van der Waals surface area contributed by atoms with Crippen molar-refractivity contribution in [1.29, 1.82) is 0 Å². The second-order valence-electron chi connectivity index (χ2n) is 8.80. The van der Waals surface area contributed by atoms with Crippen molar-refractivity contribution in [3.63, 3.8) is 0 Å². The molecule has 3 N–H and O–H groups in total. The lowest BCUT2D eigenvalue weighted by Crippen LogP contribution is -2.64. The molecule has 0 aliphatic carbocycles. The number of rotatable bonds is 7. The maximum atomic E-state index is 13.3. The van der Waals surface area contributed by atoms with E-state index in [0.717, 1.165) is 34.9 Å². The van der Waals surface area contributed by atoms with Gasteiger partial charge in [-0.2, -0.15) is 13.2 Å². The third-order valence-corrected chi connectivity index (χ3v) is 8.16. The molecule has 1 saturated heterocycles. The average Bonchev–Trinajstić information content (AvgIpc) is 2.80. The number of aliphatic hydroxyl groups excluding tert-OH is 1. The number of aryl methyl sites for hydroxylation is 1. The number of benzene rings is 3. The molecular weight excluding hydrogens is 477 g/mol. The molecule has 0 bridgehead atoms. The number of hydrogen-bond donors (Lipinski definition) is 3. The molecule has 0 spiro atoms. The van der Waals surface area contributed by atoms with E-state index in [0.29, 0.717) is 0 Å². The van der Waals surface area contributed by atoms with E-state index in [9.17, 15) is 26.7 Å². The summed E-state index contributed by atoms with van der Waals surface area (Å²) in [7, 11) is -4.40. The Balaban J connectivity index is 1.52. The van der Waals surface area contributed by atoms with Gasteiger partial charge in [0.05, 0.1) is 17.1 Å². The average molecular weight is 505 g/mol. The Morgan fingerprint density at radius 1 is 0.943 bits per heavy atom. The van der Waals surface area contributed by atoms with E-state index >= 15 is 0 Å². The molecule has 186 valence electrons. The molecule has 0 aromatic heterocycles. The van der Waals surface area contributed by atoms with Gasteiger partial charge in [-0.1, -0.05) is 54.6 Å². The first-order chi connectivity index (χ1) is 16.5. The maximum absolute atomic E-state index is 13.3. The van der Waals surface area contributed by atoms with Gasteiger partial charge in [-0.15, -0.1) is 0 Å². The second kappa shape index (κ2) is 9.73. The number of aliphatic hydroxyl groups is 1. The van der Waals surface area contributed by atoms with E-state index < -0.39 is 26.7 Å². The molecule has 1 heterocycles. The zero-order chi connectivity index (χ0) is 25.4. The van der Waals surface area contributed by atoms with Crippen LogP contribution in [0.2, 0.25) is 0 Å². The monoisotopic (exact) mass is 504 g/mol. The minimum Gasteiger partial charge on any atom is -0.395 e. The first-order valence-corrected chi connectivity index (χ1v) is 12.7. The van der Waals surface area contributed by atoms with Crippen LogP contribution in [0.4, 0.5) is 13.2 Å². The van der Waals surface area contributed by atoms with Gasteiger partial charge in [0.2, 0.25) is 10.0 Å². The third-order valence-electron chi connectivity index (χ3n) is 6.68. The van der Waals surface area contributed by atoms with Gasteiger partial charge in [-0.3, -0.25) is 0 Å². The number of nitrogens with one attached hydrogen (secondary N) is 2. The molecule has 35 heavy (non-hydrogen) atoms. The quantitative estimate of drug-likeness (QED) is 0.446. The maximum Gasteiger partial charge on any atom is 0.417 e. The van der Waals surface area contributed by atoms with Crippen LogP contribution in [-0.2, 0) is 16.2 Å². The van der Waals surface area contributed by atoms with Gasteiger partial charge in [-0.05, 0) is 53.8 Å². The van der Waals surface area contributed by atoms with E-state index in [1.807, 2.05) is 30.3 Å². The summed E-state index contributed by atoms with van der Waals surface area (Å²) in [4.78, 5) is -0.806. The van der Waals surface area contributed by atoms with Gasteiger partial charge in [0, 0.05) is 24.5 Å². The zero-order valence-corrected chi connectivity index (χ0v) is 20.1. The van der Waals surface area contributed by atoms with E-state index in [-0.39, 0.29) is 31.2 Å². The second-order valence-corrected chi connectivity index (χ2v) is 10.5. The van der Waals surface area contributed by atoms with Crippen molar-refractivity contribution in [3.8, 4) is 11.1 Å². The van der Waals surface area contributed by atoms with Crippen molar-refractivity contribution in [2.24, 2.45) is 0 Å². The molecule has 4 rings (SSSR count). The van der Waals surface area contributed by atoms with Crippen molar-refractivity contribution in [2.75, 3.05) is 13.2 Å². The lowest BCUT2D eigenvalue weighted by Gasteiger charge is -2.46. The van der Waals surface area contributed by atoms with Gasteiger partial charge in [0.1, 0.15) is 0 Å². The Bertz CT molecular complexity index is 1310. The van der Waals surface area contributed by atoms with E-state index in [1.54, 1.807) is 0 Å². The fraction of sp³-hybridized carbons (Fsp3) is 0.308. The van der Waals surface area contributed by atoms with Gasteiger partial charge < -0.3 is 10.4 Å². The molecule has 5 nitrogen and oxygen atoms in total. The molecule has 3 aromatic rings. The first-order valence-electron chi connectivity index (χ1n) is 11.2. The Morgan fingerprint density at radius 2 is 1.63 bits per heavy atom. The van der Waals surface area contributed by atoms with Crippen LogP contribution in [0.5, 0.6) is 0 Å². The summed E-state index contributed by atoms with van der Waals surface area (Å²) in [5.74, 6) is -0.201. The van der Waals surface area contributed by atoms with Crippen LogP contribution >= 0.6 is 0 Å². The fourth-order valence-electron chi connectivity index (χ4n) is 4.62. The predicted molar refractivity (Wildman–Crippen MR) is 129 cm³/mol. The van der Waals surface area contributed by atoms with Gasteiger partial charge in [-0.25, -0.2) is 13.1 Å². The number of alkyl halides is 3. The van der Waals surface area contributed by atoms with Crippen LogP contribution in [0.15, 0.2) is 71.6 Å². The van der Waals surface area contributed by atoms with Crippen LogP contribution in [0.3, 0.4) is 0 Å². The van der Waals surface area contributed by atoms with Crippen LogP contribution in [0, 0.1) is 13.8 Å². The third kappa shape index (κ3) is 5.13. The highest BCUT2D eigenvalue weighted by Gasteiger charge is 2.42. The zero-order valence-electron chi connectivity index (χ0n) is 19.3. The molecule has 0 saturated carbocycles. The molecule has 3 atom stereocenters. The minimum absolute atomic E-state index is 0.117.